The number of aromatic amines is 1. The number of nitrogens with zero attached hydrogens (tertiary/aromatic N) is 1. The molecule has 0 saturated heterocycles. The molecule has 18 heavy (non-hydrogen) atoms. The van der Waals surface area contributed by atoms with E-state index in [1.54, 1.807) is 0 Å². The van der Waals surface area contributed by atoms with Gasteiger partial charge in [-0.2, -0.15) is 0 Å². The first-order chi connectivity index (χ1) is 8.81. The van der Waals surface area contributed by atoms with E-state index in [9.17, 15) is 4.79 Å². The zero-order valence-electron chi connectivity index (χ0n) is 10.1. The van der Waals surface area contributed by atoms with Gasteiger partial charge in [0.2, 0.25) is 11.9 Å². The summed E-state index contributed by atoms with van der Waals surface area (Å²) >= 11 is 0. The van der Waals surface area contributed by atoms with E-state index in [-0.39, 0.29) is 12.5 Å². The molecule has 0 spiro atoms. The summed E-state index contributed by atoms with van der Waals surface area (Å²) in [5.41, 5.74) is 1.87. The number of aromatic nitrogens is 2. The number of hydrogen-bond donors (Lipinski definition) is 3. The number of imidazole rings is 1. The highest BCUT2D eigenvalue weighted by atomic mass is 16.1. The summed E-state index contributed by atoms with van der Waals surface area (Å²) in [5, 5.41) is 5.90. The van der Waals surface area contributed by atoms with Crippen LogP contribution in [0.15, 0.2) is 24.3 Å². The van der Waals surface area contributed by atoms with E-state index in [4.69, 9.17) is 0 Å². The van der Waals surface area contributed by atoms with Crippen molar-refractivity contribution in [3.05, 3.63) is 24.3 Å². The molecule has 0 unspecified atom stereocenters. The molecule has 3 rings (SSSR count). The van der Waals surface area contributed by atoms with Crippen LogP contribution in [0.5, 0.6) is 0 Å². The van der Waals surface area contributed by atoms with Gasteiger partial charge in [0.15, 0.2) is 0 Å². The first-order valence-corrected chi connectivity index (χ1v) is 6.26. The number of hydrogen-bond acceptors (Lipinski definition) is 3. The third kappa shape index (κ3) is 2.61. The number of carbonyl (C=O) groups excluding carboxylic acids is 1. The maximum atomic E-state index is 11.5. The van der Waals surface area contributed by atoms with Crippen LogP contribution in [0.25, 0.3) is 11.0 Å². The molecule has 5 heteroatoms. The lowest BCUT2D eigenvalue weighted by molar-refractivity contribution is -0.119. The first-order valence-electron chi connectivity index (χ1n) is 6.26. The second kappa shape index (κ2) is 4.68. The second-order valence-corrected chi connectivity index (χ2v) is 4.70. The summed E-state index contributed by atoms with van der Waals surface area (Å²) in [6, 6.07) is 7.78. The van der Waals surface area contributed by atoms with Crippen LogP contribution in [0.4, 0.5) is 5.95 Å². The number of fused-ring (bicyclic) bond motifs is 1. The summed E-state index contributed by atoms with van der Waals surface area (Å²) in [6.45, 7) is 1.06. The quantitative estimate of drug-likeness (QED) is 0.746. The van der Waals surface area contributed by atoms with E-state index in [1.165, 1.54) is 12.8 Å². The molecule has 0 bridgehead atoms. The van der Waals surface area contributed by atoms with E-state index in [1.807, 2.05) is 24.3 Å². The predicted molar refractivity (Wildman–Crippen MR) is 70.3 cm³/mol. The van der Waals surface area contributed by atoms with Crippen LogP contribution < -0.4 is 10.6 Å². The summed E-state index contributed by atoms with van der Waals surface area (Å²) in [7, 11) is 0. The molecular weight excluding hydrogens is 228 g/mol. The third-order valence-electron chi connectivity index (χ3n) is 3.09. The standard InChI is InChI=1S/C13H16N4O/c18-12(14-7-9-5-6-9)8-15-13-16-10-3-1-2-4-11(10)17-13/h1-4,9H,5-8H2,(H,14,18)(H2,15,16,17). The fourth-order valence-corrected chi connectivity index (χ4v) is 1.84. The lowest BCUT2D eigenvalue weighted by atomic mass is 10.3. The van der Waals surface area contributed by atoms with Gasteiger partial charge in [-0.05, 0) is 30.9 Å². The van der Waals surface area contributed by atoms with Crippen molar-refractivity contribution in [3.8, 4) is 0 Å². The number of anilines is 1. The number of amides is 1. The predicted octanol–water partition coefficient (Wildman–Crippen LogP) is 1.50. The topological polar surface area (TPSA) is 69.8 Å². The van der Waals surface area contributed by atoms with Crippen molar-refractivity contribution in [2.45, 2.75) is 12.8 Å². The second-order valence-electron chi connectivity index (χ2n) is 4.70. The molecule has 3 N–H and O–H groups in total. The van der Waals surface area contributed by atoms with Gasteiger partial charge in [0.1, 0.15) is 0 Å². The normalized spacial score (nSPS) is 14.7. The van der Waals surface area contributed by atoms with Crippen LogP contribution in [0, 0.1) is 5.92 Å². The Hall–Kier alpha value is -2.04. The average molecular weight is 244 g/mol. The number of nitrogens with one attached hydrogen (secondary N) is 3. The third-order valence-corrected chi connectivity index (χ3v) is 3.09. The van der Waals surface area contributed by atoms with Crippen LogP contribution in [0.3, 0.4) is 0 Å². The van der Waals surface area contributed by atoms with Gasteiger partial charge in [-0.3, -0.25) is 4.79 Å². The maximum absolute atomic E-state index is 11.5. The van der Waals surface area contributed by atoms with Crippen LogP contribution in [-0.4, -0.2) is 29.0 Å². The van der Waals surface area contributed by atoms with Gasteiger partial charge >= 0.3 is 0 Å². The Balaban J connectivity index is 1.53. The molecule has 1 saturated carbocycles. The van der Waals surface area contributed by atoms with Crippen molar-refractivity contribution in [2.75, 3.05) is 18.4 Å². The highest BCUT2D eigenvalue weighted by molar-refractivity contribution is 5.81. The minimum atomic E-state index is 0.0161. The number of benzene rings is 1. The lowest BCUT2D eigenvalue weighted by Crippen LogP contribution is -2.31. The fraction of sp³-hybridized carbons (Fsp3) is 0.385. The molecule has 0 aliphatic heterocycles. The molecule has 1 aliphatic carbocycles. The number of para-hydroxylation sites is 2. The van der Waals surface area contributed by atoms with E-state index in [0.29, 0.717) is 11.9 Å². The van der Waals surface area contributed by atoms with Gasteiger partial charge in [-0.15, -0.1) is 0 Å². The molecule has 5 nitrogen and oxygen atoms in total. The number of carbonyl (C=O) groups is 1. The Morgan fingerprint density at radius 2 is 2.22 bits per heavy atom. The van der Waals surface area contributed by atoms with E-state index < -0.39 is 0 Å². The highest BCUT2D eigenvalue weighted by Gasteiger charge is 2.21. The highest BCUT2D eigenvalue weighted by Crippen LogP contribution is 2.27. The minimum absolute atomic E-state index is 0.0161. The van der Waals surface area contributed by atoms with Gasteiger partial charge in [-0.25, -0.2) is 4.98 Å². The Kier molecular flexibility index (Phi) is 2.88. The molecule has 0 atom stereocenters. The van der Waals surface area contributed by atoms with Crippen LogP contribution in [-0.2, 0) is 4.79 Å². The molecule has 1 amide bonds. The van der Waals surface area contributed by atoms with Crippen molar-refractivity contribution in [3.63, 3.8) is 0 Å². The van der Waals surface area contributed by atoms with Crippen molar-refractivity contribution in [1.82, 2.24) is 15.3 Å². The van der Waals surface area contributed by atoms with Gasteiger partial charge in [0.25, 0.3) is 0 Å². The van der Waals surface area contributed by atoms with E-state index in [2.05, 4.69) is 20.6 Å². The molecule has 1 heterocycles. The zero-order chi connectivity index (χ0) is 12.4. The lowest BCUT2D eigenvalue weighted by Gasteiger charge is -2.04. The van der Waals surface area contributed by atoms with E-state index >= 15 is 0 Å². The number of H-pyrrole nitrogens is 1. The van der Waals surface area contributed by atoms with Crippen LogP contribution in [0.1, 0.15) is 12.8 Å². The smallest absolute Gasteiger partial charge is 0.239 e. The molecule has 0 radical (unpaired) electrons. The summed E-state index contributed by atoms with van der Waals surface area (Å²) in [5.74, 6) is 1.36. The van der Waals surface area contributed by atoms with Crippen molar-refractivity contribution >= 4 is 22.9 Å². The number of rotatable bonds is 5. The largest absolute Gasteiger partial charge is 0.354 e. The fourth-order valence-electron chi connectivity index (χ4n) is 1.84. The molecule has 1 fully saturated rings. The van der Waals surface area contributed by atoms with Crippen LogP contribution >= 0.6 is 0 Å². The monoisotopic (exact) mass is 244 g/mol. The summed E-state index contributed by atoms with van der Waals surface area (Å²) in [6.07, 6.45) is 2.49. The molecule has 1 aromatic heterocycles. The van der Waals surface area contributed by atoms with Gasteiger partial charge < -0.3 is 15.6 Å². The maximum Gasteiger partial charge on any atom is 0.239 e. The Bertz CT molecular complexity index is 526. The SMILES string of the molecule is O=C(CNc1nc2ccccc2[nH]1)NCC1CC1. The van der Waals surface area contributed by atoms with Crippen molar-refractivity contribution in [1.29, 1.82) is 0 Å². The minimum Gasteiger partial charge on any atom is -0.354 e. The Labute approximate surface area is 105 Å². The molecule has 1 aromatic carbocycles. The summed E-state index contributed by atoms with van der Waals surface area (Å²) < 4.78 is 0. The van der Waals surface area contributed by atoms with Crippen LogP contribution in [0.2, 0.25) is 0 Å². The first kappa shape index (κ1) is 11.1. The van der Waals surface area contributed by atoms with E-state index in [0.717, 1.165) is 17.6 Å². The van der Waals surface area contributed by atoms with Gasteiger partial charge in [-0.1, -0.05) is 12.1 Å². The van der Waals surface area contributed by atoms with Crippen molar-refractivity contribution < 1.29 is 4.79 Å². The zero-order valence-corrected chi connectivity index (χ0v) is 10.1. The summed E-state index contributed by atoms with van der Waals surface area (Å²) in [4.78, 5) is 19.0. The van der Waals surface area contributed by atoms with Crippen molar-refractivity contribution in [2.24, 2.45) is 5.92 Å². The average Bonchev–Trinajstić information content (AvgIpc) is 3.11. The Morgan fingerprint density at radius 3 is 3.00 bits per heavy atom. The molecule has 2 aromatic rings. The molecule has 94 valence electrons. The Morgan fingerprint density at radius 1 is 1.39 bits per heavy atom. The van der Waals surface area contributed by atoms with Gasteiger partial charge in [0, 0.05) is 6.54 Å². The molecule has 1 aliphatic rings. The molecular formula is C13H16N4O. The van der Waals surface area contributed by atoms with Gasteiger partial charge in [0.05, 0.1) is 17.6 Å².